The van der Waals surface area contributed by atoms with E-state index in [2.05, 4.69) is 10.6 Å². The molecule has 10 heteroatoms. The number of aliphatic hydroxyl groups is 1. The van der Waals surface area contributed by atoms with Gasteiger partial charge in [0.25, 0.3) is 0 Å². The summed E-state index contributed by atoms with van der Waals surface area (Å²) >= 11 is 0. The van der Waals surface area contributed by atoms with Gasteiger partial charge < -0.3 is 35.0 Å². The third kappa shape index (κ3) is 7.94. The lowest BCUT2D eigenvalue weighted by Crippen LogP contribution is -2.48. The predicted octanol–water partition coefficient (Wildman–Crippen LogP) is 4.53. The summed E-state index contributed by atoms with van der Waals surface area (Å²) < 4.78 is 11.7. The van der Waals surface area contributed by atoms with Gasteiger partial charge in [-0.25, -0.2) is 4.79 Å². The molecule has 0 aromatic heterocycles. The molecule has 2 aromatic carbocycles. The quantitative estimate of drug-likeness (QED) is 0.422. The maximum Gasteiger partial charge on any atom is 0.321 e. The van der Waals surface area contributed by atoms with Crippen LogP contribution in [-0.2, 0) is 16.0 Å². The zero-order chi connectivity index (χ0) is 30.2. The third-order valence-corrected chi connectivity index (χ3v) is 8.30. The van der Waals surface area contributed by atoms with E-state index in [0.717, 1.165) is 25.7 Å². The molecular weight excluding hydrogens is 536 g/mol. The van der Waals surface area contributed by atoms with E-state index in [-0.39, 0.29) is 55.3 Å². The van der Waals surface area contributed by atoms with Crippen molar-refractivity contribution >= 4 is 29.2 Å². The number of methoxy groups -OCH3 is 1. The summed E-state index contributed by atoms with van der Waals surface area (Å²) in [7, 11) is 3.29. The maximum absolute atomic E-state index is 13.5. The van der Waals surface area contributed by atoms with Crippen molar-refractivity contribution in [1.82, 2.24) is 9.80 Å². The Balaban J connectivity index is 1.54. The number of benzene rings is 2. The van der Waals surface area contributed by atoms with E-state index >= 15 is 0 Å². The minimum Gasteiger partial charge on any atom is -0.497 e. The van der Waals surface area contributed by atoms with Gasteiger partial charge in [-0.2, -0.15) is 0 Å². The first-order valence-electron chi connectivity index (χ1n) is 14.9. The molecule has 0 radical (unpaired) electrons. The number of ether oxygens (including phenoxy) is 2. The molecule has 1 saturated carbocycles. The van der Waals surface area contributed by atoms with Crippen molar-refractivity contribution in [2.45, 2.75) is 64.5 Å². The number of rotatable bonds is 8. The van der Waals surface area contributed by atoms with E-state index in [1.54, 1.807) is 60.4 Å². The summed E-state index contributed by atoms with van der Waals surface area (Å²) in [5.74, 6) is 0.967. The molecule has 0 unspecified atom stereocenters. The maximum atomic E-state index is 13.5. The van der Waals surface area contributed by atoms with E-state index in [4.69, 9.17) is 9.47 Å². The summed E-state index contributed by atoms with van der Waals surface area (Å²) in [6.45, 7) is 4.25. The van der Waals surface area contributed by atoms with Gasteiger partial charge in [0, 0.05) is 42.4 Å². The first-order chi connectivity index (χ1) is 20.2. The molecule has 228 valence electrons. The van der Waals surface area contributed by atoms with Gasteiger partial charge in [-0.15, -0.1) is 0 Å². The van der Waals surface area contributed by atoms with Crippen LogP contribution in [0, 0.1) is 11.8 Å². The van der Waals surface area contributed by atoms with Crippen molar-refractivity contribution in [3.63, 3.8) is 0 Å². The average Bonchev–Trinajstić information content (AvgIpc) is 3.04. The summed E-state index contributed by atoms with van der Waals surface area (Å²) in [5, 5.41) is 15.8. The molecule has 2 aliphatic rings. The molecule has 0 bridgehead atoms. The highest BCUT2D eigenvalue weighted by atomic mass is 16.5. The molecule has 1 heterocycles. The van der Waals surface area contributed by atoms with Crippen LogP contribution in [-0.4, -0.2) is 78.8 Å². The first-order valence-corrected chi connectivity index (χ1v) is 14.9. The highest BCUT2D eigenvalue weighted by Gasteiger charge is 2.32. The van der Waals surface area contributed by atoms with Gasteiger partial charge in [-0.1, -0.05) is 26.2 Å². The lowest BCUT2D eigenvalue weighted by molar-refractivity contribution is -0.134. The van der Waals surface area contributed by atoms with Crippen molar-refractivity contribution < 1.29 is 29.0 Å². The van der Waals surface area contributed by atoms with Crippen LogP contribution in [0.4, 0.5) is 16.2 Å². The van der Waals surface area contributed by atoms with Gasteiger partial charge in [0.1, 0.15) is 17.6 Å². The number of amides is 4. The number of nitrogens with zero attached hydrogens (tertiary/aromatic N) is 2. The molecule has 42 heavy (non-hydrogen) atoms. The molecular formula is C32H44N4O6. The number of hydrogen-bond acceptors (Lipinski definition) is 6. The second kappa shape index (κ2) is 14.4. The fourth-order valence-corrected chi connectivity index (χ4v) is 5.58. The third-order valence-electron chi connectivity index (χ3n) is 8.30. The van der Waals surface area contributed by atoms with Gasteiger partial charge >= 0.3 is 6.03 Å². The number of carbonyl (C=O) groups is 3. The molecule has 1 fully saturated rings. The van der Waals surface area contributed by atoms with E-state index in [9.17, 15) is 19.5 Å². The molecule has 10 nitrogen and oxygen atoms in total. The summed E-state index contributed by atoms with van der Waals surface area (Å²) in [6, 6.07) is 11.8. The van der Waals surface area contributed by atoms with Crippen molar-refractivity contribution in [3.05, 3.63) is 48.0 Å². The fourth-order valence-electron chi connectivity index (χ4n) is 5.58. The topological polar surface area (TPSA) is 120 Å². The molecule has 1 aliphatic heterocycles. The Morgan fingerprint density at radius 3 is 2.45 bits per heavy atom. The number of hydrogen-bond donors (Lipinski definition) is 3. The highest BCUT2D eigenvalue weighted by Crippen LogP contribution is 2.31. The number of likely N-dealkylation sites (N-methyl/N-ethyl adjacent to an activating group) is 1. The summed E-state index contributed by atoms with van der Waals surface area (Å²) in [4.78, 5) is 42.7. The molecule has 3 N–H and O–H groups in total. The number of aliphatic hydroxyl groups excluding tert-OH is 1. The minimum atomic E-state index is -0.447. The molecule has 3 atom stereocenters. The largest absolute Gasteiger partial charge is 0.497 e. The van der Waals surface area contributed by atoms with Crippen LogP contribution in [0.25, 0.3) is 0 Å². The number of carbonyl (C=O) groups excluding carboxylic acids is 3. The van der Waals surface area contributed by atoms with E-state index < -0.39 is 6.10 Å². The Morgan fingerprint density at radius 2 is 1.79 bits per heavy atom. The minimum absolute atomic E-state index is 0.00701. The molecule has 2 aromatic rings. The van der Waals surface area contributed by atoms with Crippen molar-refractivity contribution in [2.24, 2.45) is 11.8 Å². The number of fused-ring (bicyclic) bond motifs is 1. The van der Waals surface area contributed by atoms with Crippen LogP contribution >= 0.6 is 0 Å². The van der Waals surface area contributed by atoms with Crippen molar-refractivity contribution in [1.29, 1.82) is 0 Å². The normalized spacial score (nSPS) is 20.2. The Labute approximate surface area is 248 Å². The highest BCUT2D eigenvalue weighted by molar-refractivity contribution is 5.93. The molecule has 0 spiro atoms. The Hall–Kier alpha value is -3.79. The second-order valence-corrected chi connectivity index (χ2v) is 11.6. The SMILES string of the molecule is COc1ccc(NC(=O)N(C)C[C@H]2Oc3ccc(NC(=O)C4CCCCC4)cc3CC(=O)N([C@H](C)CO)C[C@@H]2C)cc1. The van der Waals surface area contributed by atoms with Crippen LogP contribution in [0.2, 0.25) is 0 Å². The molecule has 1 aliphatic carbocycles. The van der Waals surface area contributed by atoms with Crippen LogP contribution in [0.1, 0.15) is 51.5 Å². The zero-order valence-electron chi connectivity index (χ0n) is 25.1. The summed E-state index contributed by atoms with van der Waals surface area (Å²) in [6.07, 6.45) is 4.71. The predicted molar refractivity (Wildman–Crippen MR) is 162 cm³/mol. The lowest BCUT2D eigenvalue weighted by Gasteiger charge is -2.34. The second-order valence-electron chi connectivity index (χ2n) is 11.6. The van der Waals surface area contributed by atoms with Gasteiger partial charge in [0.2, 0.25) is 11.8 Å². The zero-order valence-corrected chi connectivity index (χ0v) is 25.1. The van der Waals surface area contributed by atoms with Crippen LogP contribution in [0.3, 0.4) is 0 Å². The van der Waals surface area contributed by atoms with Crippen molar-refractivity contribution in [3.8, 4) is 11.5 Å². The molecule has 0 saturated heterocycles. The Morgan fingerprint density at radius 1 is 1.10 bits per heavy atom. The number of urea groups is 1. The van der Waals surface area contributed by atoms with Crippen LogP contribution in [0.15, 0.2) is 42.5 Å². The van der Waals surface area contributed by atoms with E-state index in [1.165, 1.54) is 6.42 Å². The van der Waals surface area contributed by atoms with Gasteiger partial charge in [-0.05, 0) is 62.2 Å². The standard InChI is InChI=1S/C32H44N4O6/c1-21-18-36(22(2)20-37)30(38)17-24-16-26(33-31(39)23-8-6-5-7-9-23)12-15-28(24)42-29(21)19-35(3)32(40)34-25-10-13-27(41-4)14-11-25/h10-16,21-23,29,37H,5-9,17-20H2,1-4H3,(H,33,39)(H,34,40)/t21-,22+,29+/m0/s1. The monoisotopic (exact) mass is 580 g/mol. The van der Waals surface area contributed by atoms with E-state index in [0.29, 0.717) is 35.0 Å². The smallest absolute Gasteiger partial charge is 0.321 e. The lowest BCUT2D eigenvalue weighted by atomic mass is 9.88. The van der Waals surface area contributed by atoms with Gasteiger partial charge in [0.05, 0.1) is 32.7 Å². The van der Waals surface area contributed by atoms with E-state index in [1.807, 2.05) is 19.9 Å². The van der Waals surface area contributed by atoms with Gasteiger partial charge in [-0.3, -0.25) is 9.59 Å². The Bertz CT molecular complexity index is 1230. The number of nitrogens with one attached hydrogen (secondary N) is 2. The van der Waals surface area contributed by atoms with Crippen LogP contribution < -0.4 is 20.1 Å². The molecule has 4 rings (SSSR count). The number of anilines is 2. The molecule has 4 amide bonds. The Kier molecular flexibility index (Phi) is 10.7. The van der Waals surface area contributed by atoms with Crippen molar-refractivity contribution in [2.75, 3.05) is 44.5 Å². The summed E-state index contributed by atoms with van der Waals surface area (Å²) in [5.41, 5.74) is 1.92. The van der Waals surface area contributed by atoms with Gasteiger partial charge in [0.15, 0.2) is 0 Å². The first kappa shape index (κ1) is 31.2. The average molecular weight is 581 g/mol. The fraction of sp³-hybridized carbons (Fsp3) is 0.531. The van der Waals surface area contributed by atoms with Crippen LogP contribution in [0.5, 0.6) is 11.5 Å².